The number of carbonyl (C=O) groups excluding carboxylic acids is 1. The number of hydrogen-bond donors (Lipinski definition) is 2. The number of amides is 1. The zero-order valence-electron chi connectivity index (χ0n) is 9.92. The van der Waals surface area contributed by atoms with Crippen LogP contribution in [-0.4, -0.2) is 19.1 Å². The summed E-state index contributed by atoms with van der Waals surface area (Å²) in [6.07, 6.45) is 6.05. The molecule has 3 N–H and O–H groups in total. The normalized spacial score (nSPS) is 10.7. The van der Waals surface area contributed by atoms with E-state index in [1.54, 1.807) is 0 Å². The van der Waals surface area contributed by atoms with Gasteiger partial charge in [-0.2, -0.15) is 0 Å². The second-order valence-corrected chi connectivity index (χ2v) is 4.26. The summed E-state index contributed by atoms with van der Waals surface area (Å²) >= 11 is 0. The van der Waals surface area contributed by atoms with Crippen LogP contribution in [0.15, 0.2) is 0 Å². The molecule has 0 aliphatic carbocycles. The van der Waals surface area contributed by atoms with Crippen molar-refractivity contribution >= 4 is 5.91 Å². The number of carbonyl (C=O) groups is 1. The predicted molar refractivity (Wildman–Crippen MR) is 61.1 cm³/mol. The van der Waals surface area contributed by atoms with Gasteiger partial charge in [0.1, 0.15) is 6.61 Å². The fourth-order valence-corrected chi connectivity index (χ4v) is 1.39. The van der Waals surface area contributed by atoms with Crippen LogP contribution in [0.5, 0.6) is 0 Å². The Bertz CT molecular complexity index is 161. The minimum Gasteiger partial charge on any atom is -0.354 e. The molecule has 0 aliphatic rings. The molecule has 1 amide bonds. The molecule has 0 aromatic rings. The summed E-state index contributed by atoms with van der Waals surface area (Å²) in [6.45, 7) is 5.16. The fourth-order valence-electron chi connectivity index (χ4n) is 1.39. The lowest BCUT2D eigenvalue weighted by molar-refractivity contribution is -0.125. The van der Waals surface area contributed by atoms with E-state index in [0.29, 0.717) is 0 Å². The Morgan fingerprint density at radius 1 is 1.27 bits per heavy atom. The third kappa shape index (κ3) is 11.3. The highest BCUT2D eigenvalue weighted by atomic mass is 16.6. The Balaban J connectivity index is 3.08. The van der Waals surface area contributed by atoms with Gasteiger partial charge in [0.2, 0.25) is 5.91 Å². The molecule has 0 spiro atoms. The van der Waals surface area contributed by atoms with E-state index < -0.39 is 0 Å². The van der Waals surface area contributed by atoms with Crippen molar-refractivity contribution in [2.45, 2.75) is 46.0 Å². The summed E-state index contributed by atoms with van der Waals surface area (Å²) in [6, 6.07) is 0. The van der Waals surface area contributed by atoms with Gasteiger partial charge in [-0.15, -0.1) is 0 Å². The third-order valence-electron chi connectivity index (χ3n) is 2.24. The van der Waals surface area contributed by atoms with Gasteiger partial charge in [0, 0.05) is 6.54 Å². The van der Waals surface area contributed by atoms with Crippen LogP contribution in [0.25, 0.3) is 0 Å². The van der Waals surface area contributed by atoms with Gasteiger partial charge in [-0.05, 0) is 12.3 Å². The van der Waals surface area contributed by atoms with Gasteiger partial charge in [0.05, 0.1) is 0 Å². The molecule has 0 bridgehead atoms. The van der Waals surface area contributed by atoms with E-state index in [2.05, 4.69) is 24.0 Å². The maximum absolute atomic E-state index is 10.9. The molecule has 0 fully saturated rings. The van der Waals surface area contributed by atoms with Gasteiger partial charge < -0.3 is 5.32 Å². The lowest BCUT2D eigenvalue weighted by atomic mass is 10.0. The Kier molecular flexibility index (Phi) is 9.52. The lowest BCUT2D eigenvalue weighted by Gasteiger charge is -2.05. The molecule has 0 atom stereocenters. The average Bonchev–Trinajstić information content (AvgIpc) is 2.16. The highest BCUT2D eigenvalue weighted by molar-refractivity contribution is 5.77. The predicted octanol–water partition coefficient (Wildman–Crippen LogP) is 1.60. The molecule has 90 valence electrons. The van der Waals surface area contributed by atoms with Crippen LogP contribution in [0.3, 0.4) is 0 Å². The zero-order chi connectivity index (χ0) is 11.5. The van der Waals surface area contributed by atoms with Crippen LogP contribution < -0.4 is 11.2 Å². The summed E-state index contributed by atoms with van der Waals surface area (Å²) in [4.78, 5) is 15.1. The number of unbranched alkanes of at least 4 members (excludes halogenated alkanes) is 3. The van der Waals surface area contributed by atoms with Gasteiger partial charge in [0.25, 0.3) is 0 Å². The van der Waals surface area contributed by atoms with Crippen molar-refractivity contribution < 1.29 is 9.63 Å². The summed E-state index contributed by atoms with van der Waals surface area (Å²) < 4.78 is 0. The van der Waals surface area contributed by atoms with E-state index in [1.165, 1.54) is 25.7 Å². The minimum atomic E-state index is -0.139. The monoisotopic (exact) mass is 216 g/mol. The Labute approximate surface area is 92.5 Å². The van der Waals surface area contributed by atoms with Crippen LogP contribution in [0.1, 0.15) is 46.0 Å². The van der Waals surface area contributed by atoms with Crippen LogP contribution >= 0.6 is 0 Å². The quantitative estimate of drug-likeness (QED) is 0.454. The standard InChI is InChI=1S/C11H24N2O2/c1-10(2)7-5-3-4-6-8-13-11(14)9-15-12/h10H,3-9,12H2,1-2H3,(H,13,14). The van der Waals surface area contributed by atoms with E-state index in [1.807, 2.05) is 0 Å². The van der Waals surface area contributed by atoms with Crippen molar-refractivity contribution in [2.75, 3.05) is 13.2 Å². The molecule has 0 heterocycles. The van der Waals surface area contributed by atoms with Gasteiger partial charge in [-0.25, -0.2) is 5.90 Å². The molecular weight excluding hydrogens is 192 g/mol. The first-order valence-electron chi connectivity index (χ1n) is 5.75. The summed E-state index contributed by atoms with van der Waals surface area (Å²) in [5, 5.41) is 2.74. The Morgan fingerprint density at radius 2 is 1.93 bits per heavy atom. The van der Waals surface area contributed by atoms with Crippen molar-refractivity contribution in [3.05, 3.63) is 0 Å². The summed E-state index contributed by atoms with van der Waals surface area (Å²) in [7, 11) is 0. The number of rotatable bonds is 9. The first-order chi connectivity index (χ1) is 7.16. The molecule has 15 heavy (non-hydrogen) atoms. The average molecular weight is 216 g/mol. The maximum Gasteiger partial charge on any atom is 0.248 e. The van der Waals surface area contributed by atoms with Crippen molar-refractivity contribution in [1.82, 2.24) is 5.32 Å². The van der Waals surface area contributed by atoms with Crippen LogP contribution in [-0.2, 0) is 9.63 Å². The molecule has 0 saturated carbocycles. The second-order valence-electron chi connectivity index (χ2n) is 4.26. The Morgan fingerprint density at radius 3 is 2.53 bits per heavy atom. The molecule has 0 aromatic heterocycles. The van der Waals surface area contributed by atoms with E-state index in [0.717, 1.165) is 18.9 Å². The van der Waals surface area contributed by atoms with E-state index in [9.17, 15) is 4.79 Å². The van der Waals surface area contributed by atoms with Gasteiger partial charge in [-0.1, -0.05) is 39.5 Å². The number of nitrogens with one attached hydrogen (secondary N) is 1. The Hall–Kier alpha value is -0.610. The van der Waals surface area contributed by atoms with Gasteiger partial charge in [0.15, 0.2) is 0 Å². The molecular formula is C11H24N2O2. The second kappa shape index (κ2) is 9.93. The number of hydrogen-bond acceptors (Lipinski definition) is 3. The number of nitrogens with two attached hydrogens (primary N) is 1. The molecule has 0 radical (unpaired) electrons. The SMILES string of the molecule is CC(C)CCCCCCNC(=O)CON. The smallest absolute Gasteiger partial charge is 0.248 e. The fraction of sp³-hybridized carbons (Fsp3) is 0.909. The van der Waals surface area contributed by atoms with E-state index in [-0.39, 0.29) is 12.5 Å². The van der Waals surface area contributed by atoms with Gasteiger partial charge in [-0.3, -0.25) is 9.63 Å². The minimum absolute atomic E-state index is 0.0483. The van der Waals surface area contributed by atoms with Crippen LogP contribution in [0.4, 0.5) is 0 Å². The summed E-state index contributed by atoms with van der Waals surface area (Å²) in [5.41, 5.74) is 0. The highest BCUT2D eigenvalue weighted by Crippen LogP contribution is 2.08. The zero-order valence-corrected chi connectivity index (χ0v) is 9.92. The van der Waals surface area contributed by atoms with Gasteiger partial charge >= 0.3 is 0 Å². The molecule has 0 saturated heterocycles. The first kappa shape index (κ1) is 14.4. The third-order valence-corrected chi connectivity index (χ3v) is 2.24. The largest absolute Gasteiger partial charge is 0.354 e. The van der Waals surface area contributed by atoms with Crippen LogP contribution in [0.2, 0.25) is 0 Å². The first-order valence-corrected chi connectivity index (χ1v) is 5.75. The molecule has 4 nitrogen and oxygen atoms in total. The molecule has 0 aromatic carbocycles. The topological polar surface area (TPSA) is 64.3 Å². The summed E-state index contributed by atoms with van der Waals surface area (Å²) in [5.74, 6) is 5.43. The van der Waals surface area contributed by atoms with Crippen molar-refractivity contribution in [3.63, 3.8) is 0 Å². The molecule has 0 aliphatic heterocycles. The van der Waals surface area contributed by atoms with Crippen LogP contribution in [0, 0.1) is 5.92 Å². The van der Waals surface area contributed by atoms with Crippen molar-refractivity contribution in [1.29, 1.82) is 0 Å². The lowest BCUT2D eigenvalue weighted by Crippen LogP contribution is -2.29. The van der Waals surface area contributed by atoms with Crippen molar-refractivity contribution in [2.24, 2.45) is 11.8 Å². The van der Waals surface area contributed by atoms with E-state index >= 15 is 0 Å². The molecule has 0 unspecified atom stereocenters. The maximum atomic E-state index is 10.9. The van der Waals surface area contributed by atoms with Crippen molar-refractivity contribution in [3.8, 4) is 0 Å². The molecule has 0 rings (SSSR count). The highest BCUT2D eigenvalue weighted by Gasteiger charge is 1.98. The van der Waals surface area contributed by atoms with E-state index in [4.69, 9.17) is 5.90 Å². The molecule has 4 heteroatoms.